The van der Waals surface area contributed by atoms with Crippen molar-refractivity contribution in [3.63, 3.8) is 0 Å². The predicted octanol–water partition coefficient (Wildman–Crippen LogP) is 1.77. The number of nitrogens with one attached hydrogen (secondary N) is 1. The number of halogens is 1. The first-order chi connectivity index (χ1) is 9.32. The van der Waals surface area contributed by atoms with Gasteiger partial charge in [0.15, 0.2) is 16.4 Å². The van der Waals surface area contributed by atoms with Gasteiger partial charge in [-0.05, 0) is 31.2 Å². The van der Waals surface area contributed by atoms with E-state index in [0.717, 1.165) is 4.47 Å². The lowest BCUT2D eigenvalue weighted by atomic mass is 10.3. The zero-order valence-electron chi connectivity index (χ0n) is 11.4. The Balaban J connectivity index is 2.38. The number of rotatable bonds is 7. The number of ether oxygens (including phenoxy) is 1. The highest BCUT2D eigenvalue weighted by molar-refractivity contribution is 9.10. The van der Waals surface area contributed by atoms with E-state index < -0.39 is 15.9 Å². The van der Waals surface area contributed by atoms with Crippen molar-refractivity contribution >= 4 is 31.7 Å². The summed E-state index contributed by atoms with van der Waals surface area (Å²) < 4.78 is 29.1. The molecule has 1 atom stereocenters. The smallest absolute Gasteiger partial charge is 0.258 e. The average molecular weight is 364 g/mol. The highest BCUT2D eigenvalue weighted by Gasteiger charge is 2.15. The second-order valence-corrected chi connectivity index (χ2v) is 7.72. The molecule has 0 aromatic heterocycles. The van der Waals surface area contributed by atoms with Gasteiger partial charge < -0.3 is 10.1 Å². The van der Waals surface area contributed by atoms with Gasteiger partial charge in [-0.3, -0.25) is 4.79 Å². The number of carbonyl (C=O) groups is 1. The van der Waals surface area contributed by atoms with E-state index in [1.165, 1.54) is 0 Å². The monoisotopic (exact) mass is 363 g/mol. The van der Waals surface area contributed by atoms with E-state index in [2.05, 4.69) is 21.2 Å². The highest BCUT2D eigenvalue weighted by Crippen LogP contribution is 2.15. The second-order valence-electron chi connectivity index (χ2n) is 4.41. The number of hydrogen-bond donors (Lipinski definition) is 1. The van der Waals surface area contributed by atoms with Gasteiger partial charge in [-0.15, -0.1) is 0 Å². The Labute approximate surface area is 127 Å². The van der Waals surface area contributed by atoms with Crippen LogP contribution >= 0.6 is 15.9 Å². The van der Waals surface area contributed by atoms with Crippen molar-refractivity contribution in [2.75, 3.05) is 18.1 Å². The molecule has 1 aromatic rings. The van der Waals surface area contributed by atoms with Crippen LogP contribution in [0.4, 0.5) is 0 Å². The minimum atomic E-state index is -3.10. The fourth-order valence-corrected chi connectivity index (χ4v) is 2.88. The number of benzene rings is 1. The van der Waals surface area contributed by atoms with Gasteiger partial charge >= 0.3 is 0 Å². The molecule has 0 unspecified atom stereocenters. The maximum absolute atomic E-state index is 11.6. The summed E-state index contributed by atoms with van der Waals surface area (Å²) in [5, 5.41) is 2.60. The van der Waals surface area contributed by atoms with Crippen LogP contribution in [-0.4, -0.2) is 38.5 Å². The first-order valence-corrected chi connectivity index (χ1v) is 8.82. The molecule has 1 amide bonds. The summed E-state index contributed by atoms with van der Waals surface area (Å²) in [5.74, 6) is 0.250. The molecule has 0 saturated carbocycles. The lowest BCUT2D eigenvalue weighted by molar-refractivity contribution is -0.123. The Hall–Kier alpha value is -1.08. The van der Waals surface area contributed by atoms with Crippen molar-refractivity contribution in [3.8, 4) is 5.75 Å². The number of hydrogen-bond acceptors (Lipinski definition) is 4. The maximum atomic E-state index is 11.6. The third-order valence-electron chi connectivity index (χ3n) is 2.53. The summed E-state index contributed by atoms with van der Waals surface area (Å²) in [6, 6.07) is 6.67. The van der Waals surface area contributed by atoms with Gasteiger partial charge in [0.2, 0.25) is 0 Å². The molecule has 0 aliphatic heterocycles. The highest BCUT2D eigenvalue weighted by atomic mass is 79.9. The van der Waals surface area contributed by atoms with Crippen LogP contribution < -0.4 is 10.1 Å². The predicted molar refractivity (Wildman–Crippen MR) is 81.6 cm³/mol. The third-order valence-corrected chi connectivity index (χ3v) is 4.95. The van der Waals surface area contributed by atoms with E-state index in [4.69, 9.17) is 4.74 Å². The van der Waals surface area contributed by atoms with Crippen molar-refractivity contribution in [2.24, 2.45) is 0 Å². The van der Waals surface area contributed by atoms with Gasteiger partial charge in [0.25, 0.3) is 5.91 Å². The molecule has 1 rings (SSSR count). The molecular formula is C13H18BrNO4S. The normalized spacial score (nSPS) is 12.8. The number of sulfone groups is 1. The fraction of sp³-hybridized carbons (Fsp3) is 0.462. The van der Waals surface area contributed by atoms with E-state index in [9.17, 15) is 13.2 Å². The summed E-state index contributed by atoms with van der Waals surface area (Å²) in [4.78, 5) is 11.6. The quantitative estimate of drug-likeness (QED) is 0.801. The second kappa shape index (κ2) is 7.64. The maximum Gasteiger partial charge on any atom is 0.258 e. The van der Waals surface area contributed by atoms with Crippen LogP contribution in [0.5, 0.6) is 5.75 Å². The van der Waals surface area contributed by atoms with Crippen LogP contribution in [0.15, 0.2) is 28.7 Å². The number of amides is 1. The summed E-state index contributed by atoms with van der Waals surface area (Å²) in [6.07, 6.45) is 0. The van der Waals surface area contributed by atoms with E-state index in [1.54, 1.807) is 26.0 Å². The Morgan fingerprint density at radius 3 is 2.50 bits per heavy atom. The molecule has 1 aromatic carbocycles. The fourth-order valence-electron chi connectivity index (χ4n) is 1.54. The van der Waals surface area contributed by atoms with E-state index in [0.29, 0.717) is 5.75 Å². The van der Waals surface area contributed by atoms with Crippen molar-refractivity contribution in [1.82, 2.24) is 5.32 Å². The third kappa shape index (κ3) is 6.38. The lowest BCUT2D eigenvalue weighted by Crippen LogP contribution is -2.40. The van der Waals surface area contributed by atoms with E-state index in [-0.39, 0.29) is 24.0 Å². The molecule has 20 heavy (non-hydrogen) atoms. The van der Waals surface area contributed by atoms with Gasteiger partial charge in [0.05, 0.1) is 5.75 Å². The van der Waals surface area contributed by atoms with Crippen LogP contribution in [0.3, 0.4) is 0 Å². The van der Waals surface area contributed by atoms with Gasteiger partial charge in [-0.1, -0.05) is 22.9 Å². The Kier molecular flexibility index (Phi) is 6.48. The Morgan fingerprint density at radius 2 is 1.95 bits per heavy atom. The summed E-state index contributed by atoms with van der Waals surface area (Å²) >= 11 is 3.30. The minimum Gasteiger partial charge on any atom is -0.484 e. The van der Waals surface area contributed by atoms with Gasteiger partial charge in [-0.2, -0.15) is 0 Å². The van der Waals surface area contributed by atoms with E-state index >= 15 is 0 Å². The van der Waals surface area contributed by atoms with Crippen LogP contribution in [0.1, 0.15) is 13.8 Å². The van der Waals surface area contributed by atoms with Crippen LogP contribution in [0, 0.1) is 0 Å². The van der Waals surface area contributed by atoms with Crippen molar-refractivity contribution in [2.45, 2.75) is 19.9 Å². The molecule has 0 fully saturated rings. The molecule has 0 heterocycles. The molecule has 112 valence electrons. The first kappa shape index (κ1) is 17.0. The summed E-state index contributed by atoms with van der Waals surface area (Å²) in [5.41, 5.74) is 0. The molecular weight excluding hydrogens is 346 g/mol. The summed E-state index contributed by atoms with van der Waals surface area (Å²) in [7, 11) is -3.10. The molecule has 0 spiro atoms. The van der Waals surface area contributed by atoms with E-state index in [1.807, 2.05) is 12.1 Å². The largest absolute Gasteiger partial charge is 0.484 e. The Bertz CT molecular complexity index is 542. The van der Waals surface area contributed by atoms with Gasteiger partial charge in [0.1, 0.15) is 5.75 Å². The molecule has 0 aliphatic rings. The van der Waals surface area contributed by atoms with Gasteiger partial charge in [-0.25, -0.2) is 8.42 Å². The molecule has 0 radical (unpaired) electrons. The van der Waals surface area contributed by atoms with Crippen molar-refractivity contribution < 1.29 is 17.9 Å². The zero-order chi connectivity index (χ0) is 15.2. The lowest BCUT2D eigenvalue weighted by Gasteiger charge is -2.14. The molecule has 5 nitrogen and oxygen atoms in total. The van der Waals surface area contributed by atoms with Crippen molar-refractivity contribution in [3.05, 3.63) is 28.7 Å². The Morgan fingerprint density at radius 1 is 1.35 bits per heavy atom. The topological polar surface area (TPSA) is 72.5 Å². The van der Waals surface area contributed by atoms with Crippen LogP contribution in [0.25, 0.3) is 0 Å². The SMILES string of the molecule is CCS(=O)(=O)C[C@H](C)NC(=O)COc1ccc(Br)cc1. The van der Waals surface area contributed by atoms with Crippen LogP contribution in [-0.2, 0) is 14.6 Å². The summed E-state index contributed by atoms with van der Waals surface area (Å²) in [6.45, 7) is 3.10. The van der Waals surface area contributed by atoms with Crippen LogP contribution in [0.2, 0.25) is 0 Å². The average Bonchev–Trinajstić information content (AvgIpc) is 2.37. The minimum absolute atomic E-state index is 0.0620. The molecule has 1 N–H and O–H groups in total. The first-order valence-electron chi connectivity index (χ1n) is 6.20. The van der Waals surface area contributed by atoms with Gasteiger partial charge in [0, 0.05) is 16.3 Å². The standard InChI is InChI=1S/C13H18BrNO4S/c1-3-20(17,18)9-10(2)15-13(16)8-19-12-6-4-11(14)5-7-12/h4-7,10H,3,8-9H2,1-2H3,(H,15,16)/t10-/m0/s1. The zero-order valence-corrected chi connectivity index (χ0v) is 13.8. The molecule has 0 saturated heterocycles. The molecule has 7 heteroatoms. The van der Waals surface area contributed by atoms with Crippen molar-refractivity contribution in [1.29, 1.82) is 0 Å². The molecule has 0 aliphatic carbocycles. The molecule has 0 bridgehead atoms. The number of carbonyl (C=O) groups excluding carboxylic acids is 1.